The van der Waals surface area contributed by atoms with Gasteiger partial charge < -0.3 is 4.74 Å². The summed E-state index contributed by atoms with van der Waals surface area (Å²) in [5.74, 6) is 0. The summed E-state index contributed by atoms with van der Waals surface area (Å²) in [6.07, 6.45) is 8.11. The van der Waals surface area contributed by atoms with Crippen LogP contribution < -0.4 is 0 Å². The molecule has 1 aromatic carbocycles. The molecule has 0 unspecified atom stereocenters. The third kappa shape index (κ3) is 3.33. The Balaban J connectivity index is 1.42. The number of benzene rings is 1. The van der Waals surface area contributed by atoms with Crippen LogP contribution in [0.2, 0.25) is 0 Å². The summed E-state index contributed by atoms with van der Waals surface area (Å²) in [6.45, 7) is 5.02. The maximum atomic E-state index is 5.40. The molecule has 4 rings (SSSR count). The molecule has 1 fully saturated rings. The molecule has 23 heavy (non-hydrogen) atoms. The molecule has 1 aliphatic heterocycles. The van der Waals surface area contributed by atoms with Crippen molar-refractivity contribution in [2.45, 2.75) is 32.1 Å². The number of nitrogens with zero attached hydrogens (tertiary/aromatic N) is 3. The minimum absolute atomic E-state index is 0.878. The zero-order valence-electron chi connectivity index (χ0n) is 13.7. The quantitative estimate of drug-likeness (QED) is 0.869. The van der Waals surface area contributed by atoms with Gasteiger partial charge in [-0.15, -0.1) is 0 Å². The van der Waals surface area contributed by atoms with Crippen LogP contribution in [0.25, 0.3) is 5.69 Å². The standard InChI is InChI=1S/C19H25N3O/c1-2-4-19-17(3-1)15-20-22(19)18-7-5-16(6-8-18)9-10-21-11-13-23-14-12-21/h5-8,15H,1-4,9-14H2. The van der Waals surface area contributed by atoms with Gasteiger partial charge in [-0.3, -0.25) is 4.90 Å². The number of rotatable bonds is 4. The molecule has 122 valence electrons. The number of ether oxygens (including phenoxy) is 1. The van der Waals surface area contributed by atoms with Gasteiger partial charge in [-0.05, 0) is 55.4 Å². The average Bonchev–Trinajstić information content (AvgIpc) is 3.05. The van der Waals surface area contributed by atoms with E-state index in [0.717, 1.165) is 45.7 Å². The second-order valence-electron chi connectivity index (χ2n) is 6.61. The summed E-state index contributed by atoms with van der Waals surface area (Å²) >= 11 is 0. The molecule has 0 saturated carbocycles. The Hall–Kier alpha value is -1.65. The first-order valence-corrected chi connectivity index (χ1v) is 8.85. The number of aromatic nitrogens is 2. The number of aryl methyl sites for hydroxylation is 1. The number of fused-ring (bicyclic) bond motifs is 1. The lowest BCUT2D eigenvalue weighted by molar-refractivity contribution is 0.0384. The van der Waals surface area contributed by atoms with Gasteiger partial charge in [0.15, 0.2) is 0 Å². The van der Waals surface area contributed by atoms with Crippen LogP contribution >= 0.6 is 0 Å². The van der Waals surface area contributed by atoms with Gasteiger partial charge in [0.25, 0.3) is 0 Å². The van der Waals surface area contributed by atoms with Crippen molar-refractivity contribution in [2.24, 2.45) is 0 Å². The fourth-order valence-corrected chi connectivity index (χ4v) is 3.63. The van der Waals surface area contributed by atoms with Gasteiger partial charge >= 0.3 is 0 Å². The van der Waals surface area contributed by atoms with E-state index in [-0.39, 0.29) is 0 Å². The largest absolute Gasteiger partial charge is 0.379 e. The van der Waals surface area contributed by atoms with E-state index in [4.69, 9.17) is 4.74 Å². The smallest absolute Gasteiger partial charge is 0.0649 e. The Morgan fingerprint density at radius 2 is 1.78 bits per heavy atom. The molecule has 0 amide bonds. The predicted octanol–water partition coefficient (Wildman–Crippen LogP) is 2.63. The van der Waals surface area contributed by atoms with Crippen LogP contribution in [0.15, 0.2) is 30.5 Å². The normalized spacial score (nSPS) is 18.8. The Morgan fingerprint density at radius 3 is 2.61 bits per heavy atom. The Labute approximate surface area is 138 Å². The van der Waals surface area contributed by atoms with Crippen LogP contribution in [-0.2, 0) is 24.0 Å². The summed E-state index contributed by atoms with van der Waals surface area (Å²) in [7, 11) is 0. The summed E-state index contributed by atoms with van der Waals surface area (Å²) in [6, 6.07) is 8.95. The van der Waals surface area contributed by atoms with Crippen LogP contribution in [0.5, 0.6) is 0 Å². The highest BCUT2D eigenvalue weighted by molar-refractivity contribution is 5.38. The van der Waals surface area contributed by atoms with Crippen LogP contribution in [0, 0.1) is 0 Å². The van der Waals surface area contributed by atoms with E-state index in [2.05, 4.69) is 45.1 Å². The third-order valence-corrected chi connectivity index (χ3v) is 5.07. The van der Waals surface area contributed by atoms with Crippen LogP contribution in [0.4, 0.5) is 0 Å². The molecule has 0 radical (unpaired) electrons. The van der Waals surface area contributed by atoms with Gasteiger partial charge in [0, 0.05) is 25.3 Å². The van der Waals surface area contributed by atoms with E-state index < -0.39 is 0 Å². The van der Waals surface area contributed by atoms with Crippen molar-refractivity contribution in [3.05, 3.63) is 47.3 Å². The Morgan fingerprint density at radius 1 is 1.00 bits per heavy atom. The van der Waals surface area contributed by atoms with Crippen LogP contribution in [0.1, 0.15) is 29.7 Å². The van der Waals surface area contributed by atoms with Gasteiger partial charge in [0.2, 0.25) is 0 Å². The molecule has 1 aromatic heterocycles. The zero-order valence-corrected chi connectivity index (χ0v) is 13.7. The van der Waals surface area contributed by atoms with E-state index in [9.17, 15) is 0 Å². The SMILES string of the molecule is c1cc(-n2ncc3c2CCCC3)ccc1CCN1CCOCC1. The van der Waals surface area contributed by atoms with Gasteiger partial charge in [-0.2, -0.15) is 5.10 Å². The molecule has 1 saturated heterocycles. The molecule has 0 N–H and O–H groups in total. The first kappa shape index (κ1) is 14.9. The molecule has 0 atom stereocenters. The maximum absolute atomic E-state index is 5.40. The van der Waals surface area contributed by atoms with E-state index in [1.807, 2.05) is 0 Å². The van der Waals surface area contributed by atoms with Gasteiger partial charge in [0.1, 0.15) is 0 Å². The Bertz CT molecular complexity index is 641. The van der Waals surface area contributed by atoms with Crippen molar-refractivity contribution in [3.8, 4) is 5.69 Å². The number of hydrogen-bond donors (Lipinski definition) is 0. The van der Waals surface area contributed by atoms with Crippen molar-refractivity contribution in [1.29, 1.82) is 0 Å². The highest BCUT2D eigenvalue weighted by Crippen LogP contribution is 2.23. The van der Waals surface area contributed by atoms with Crippen molar-refractivity contribution >= 4 is 0 Å². The summed E-state index contributed by atoms with van der Waals surface area (Å²) in [4.78, 5) is 2.49. The minimum atomic E-state index is 0.878. The Kier molecular flexibility index (Phi) is 4.44. The molecule has 0 bridgehead atoms. The third-order valence-electron chi connectivity index (χ3n) is 5.07. The van der Waals surface area contributed by atoms with Crippen molar-refractivity contribution in [1.82, 2.24) is 14.7 Å². The van der Waals surface area contributed by atoms with Crippen molar-refractivity contribution < 1.29 is 4.74 Å². The van der Waals surface area contributed by atoms with Gasteiger partial charge in [-0.1, -0.05) is 12.1 Å². The van der Waals surface area contributed by atoms with Crippen LogP contribution in [-0.4, -0.2) is 47.5 Å². The lowest BCUT2D eigenvalue weighted by atomic mass is 9.98. The molecule has 2 aliphatic rings. The summed E-state index contributed by atoms with van der Waals surface area (Å²) < 4.78 is 7.54. The number of hydrogen-bond acceptors (Lipinski definition) is 3. The first-order valence-electron chi connectivity index (χ1n) is 8.85. The minimum Gasteiger partial charge on any atom is -0.379 e. The molecule has 2 heterocycles. The average molecular weight is 311 g/mol. The fourth-order valence-electron chi connectivity index (χ4n) is 3.63. The van der Waals surface area contributed by atoms with E-state index in [1.165, 1.54) is 41.8 Å². The monoisotopic (exact) mass is 311 g/mol. The van der Waals surface area contributed by atoms with E-state index in [1.54, 1.807) is 0 Å². The lowest BCUT2D eigenvalue weighted by Crippen LogP contribution is -2.37. The number of morpholine rings is 1. The molecule has 4 nitrogen and oxygen atoms in total. The van der Waals surface area contributed by atoms with Gasteiger partial charge in [-0.25, -0.2) is 4.68 Å². The maximum Gasteiger partial charge on any atom is 0.0649 e. The summed E-state index contributed by atoms with van der Waals surface area (Å²) in [5, 5.41) is 4.61. The highest BCUT2D eigenvalue weighted by Gasteiger charge is 2.16. The molecule has 2 aromatic rings. The lowest BCUT2D eigenvalue weighted by Gasteiger charge is -2.26. The molecular weight excluding hydrogens is 286 g/mol. The molecule has 0 spiro atoms. The van der Waals surface area contributed by atoms with Crippen molar-refractivity contribution in [2.75, 3.05) is 32.8 Å². The second-order valence-corrected chi connectivity index (χ2v) is 6.61. The molecule has 1 aliphatic carbocycles. The second kappa shape index (κ2) is 6.85. The van der Waals surface area contributed by atoms with Crippen LogP contribution in [0.3, 0.4) is 0 Å². The topological polar surface area (TPSA) is 30.3 Å². The fraction of sp³-hybridized carbons (Fsp3) is 0.526. The zero-order chi connectivity index (χ0) is 15.5. The van der Waals surface area contributed by atoms with E-state index >= 15 is 0 Å². The molecular formula is C19H25N3O. The molecule has 4 heteroatoms. The van der Waals surface area contributed by atoms with Gasteiger partial charge in [0.05, 0.1) is 25.1 Å². The van der Waals surface area contributed by atoms with Crippen molar-refractivity contribution in [3.63, 3.8) is 0 Å². The highest BCUT2D eigenvalue weighted by atomic mass is 16.5. The van der Waals surface area contributed by atoms with E-state index in [0.29, 0.717) is 0 Å². The first-order chi connectivity index (χ1) is 11.4. The summed E-state index contributed by atoms with van der Waals surface area (Å²) in [5.41, 5.74) is 5.45. The predicted molar refractivity (Wildman–Crippen MR) is 91.2 cm³/mol.